The molecule has 0 aliphatic carbocycles. The minimum absolute atomic E-state index is 0.530. The molecular weight excluding hydrogens is 300 g/mol. The van der Waals surface area contributed by atoms with Crippen LogP contribution in [0.4, 0.5) is 0 Å². The first-order chi connectivity index (χ1) is 8.57. The molecule has 2 heterocycles. The van der Waals surface area contributed by atoms with Crippen molar-refractivity contribution >= 4 is 15.9 Å². The van der Waals surface area contributed by atoms with Gasteiger partial charge in [0, 0.05) is 12.7 Å². The van der Waals surface area contributed by atoms with Crippen LogP contribution in [0, 0.1) is 0 Å². The van der Waals surface area contributed by atoms with Crippen LogP contribution in [-0.4, -0.2) is 28.6 Å². The minimum atomic E-state index is -1.17. The van der Waals surface area contributed by atoms with Crippen LogP contribution in [0.5, 0.6) is 0 Å². The number of aromatic nitrogens is 2. The van der Waals surface area contributed by atoms with E-state index in [-0.39, 0.29) is 0 Å². The van der Waals surface area contributed by atoms with Crippen LogP contribution in [0.15, 0.2) is 33.7 Å². The number of aliphatic hydroxyl groups is 1. The number of furan rings is 1. The summed E-state index contributed by atoms with van der Waals surface area (Å²) in [5, 5.41) is 14.9. The van der Waals surface area contributed by atoms with Crippen molar-refractivity contribution in [3.8, 4) is 0 Å². The van der Waals surface area contributed by atoms with Gasteiger partial charge in [-0.2, -0.15) is 5.10 Å². The SMILES string of the molecule is COCCn1ncc(Br)c1C(C)(O)c1ccoc1. The summed E-state index contributed by atoms with van der Waals surface area (Å²) in [5.41, 5.74) is 0.194. The average Bonchev–Trinajstić information content (AvgIpc) is 2.95. The van der Waals surface area contributed by atoms with E-state index in [0.29, 0.717) is 24.4 Å². The quantitative estimate of drug-likeness (QED) is 0.918. The zero-order valence-corrected chi connectivity index (χ0v) is 11.8. The molecule has 0 spiro atoms. The molecule has 2 rings (SSSR count). The zero-order valence-electron chi connectivity index (χ0n) is 10.3. The van der Waals surface area contributed by atoms with Gasteiger partial charge < -0.3 is 14.3 Å². The highest BCUT2D eigenvalue weighted by Crippen LogP contribution is 2.34. The van der Waals surface area contributed by atoms with E-state index in [1.807, 2.05) is 0 Å². The van der Waals surface area contributed by atoms with E-state index in [4.69, 9.17) is 9.15 Å². The maximum atomic E-state index is 10.7. The summed E-state index contributed by atoms with van der Waals surface area (Å²) < 4.78 is 12.5. The number of ether oxygens (including phenoxy) is 1. The Morgan fingerprint density at radius 2 is 2.39 bits per heavy atom. The Labute approximate surface area is 113 Å². The summed E-state index contributed by atoms with van der Waals surface area (Å²) in [6.07, 6.45) is 4.73. The van der Waals surface area contributed by atoms with E-state index in [1.54, 1.807) is 31.0 Å². The van der Waals surface area contributed by atoms with Crippen molar-refractivity contribution < 1.29 is 14.3 Å². The van der Waals surface area contributed by atoms with Crippen molar-refractivity contribution in [3.05, 3.63) is 40.5 Å². The van der Waals surface area contributed by atoms with Crippen LogP contribution in [-0.2, 0) is 16.9 Å². The van der Waals surface area contributed by atoms with Gasteiger partial charge in [0.25, 0.3) is 0 Å². The number of methoxy groups -OCH3 is 1. The number of rotatable bonds is 5. The Kier molecular flexibility index (Phi) is 3.89. The Morgan fingerprint density at radius 3 is 3.00 bits per heavy atom. The van der Waals surface area contributed by atoms with E-state index in [9.17, 15) is 5.11 Å². The van der Waals surface area contributed by atoms with Gasteiger partial charge in [0.15, 0.2) is 0 Å². The summed E-state index contributed by atoms with van der Waals surface area (Å²) in [4.78, 5) is 0. The van der Waals surface area contributed by atoms with Gasteiger partial charge in [-0.05, 0) is 28.9 Å². The lowest BCUT2D eigenvalue weighted by Gasteiger charge is -2.23. The molecule has 0 saturated heterocycles. The van der Waals surface area contributed by atoms with Gasteiger partial charge in [-0.1, -0.05) is 0 Å². The molecular formula is C12H15BrN2O3. The molecule has 1 unspecified atom stereocenters. The minimum Gasteiger partial charge on any atom is -0.472 e. The molecule has 18 heavy (non-hydrogen) atoms. The monoisotopic (exact) mass is 314 g/mol. The molecule has 1 N–H and O–H groups in total. The van der Waals surface area contributed by atoms with Crippen molar-refractivity contribution in [2.24, 2.45) is 0 Å². The molecule has 2 aromatic heterocycles. The molecule has 0 saturated carbocycles. The van der Waals surface area contributed by atoms with E-state index >= 15 is 0 Å². The molecule has 0 aliphatic rings. The van der Waals surface area contributed by atoms with E-state index in [0.717, 1.165) is 4.47 Å². The van der Waals surface area contributed by atoms with Gasteiger partial charge in [-0.25, -0.2) is 0 Å². The molecule has 0 aromatic carbocycles. The van der Waals surface area contributed by atoms with Crippen molar-refractivity contribution in [2.75, 3.05) is 13.7 Å². The van der Waals surface area contributed by atoms with Crippen molar-refractivity contribution in [1.29, 1.82) is 0 Å². The van der Waals surface area contributed by atoms with Crippen LogP contribution in [0.25, 0.3) is 0 Å². The lowest BCUT2D eigenvalue weighted by Crippen LogP contribution is -2.27. The third-order valence-corrected chi connectivity index (χ3v) is 3.43. The lowest BCUT2D eigenvalue weighted by molar-refractivity contribution is 0.0868. The van der Waals surface area contributed by atoms with Gasteiger partial charge in [0.05, 0.1) is 42.0 Å². The van der Waals surface area contributed by atoms with E-state index < -0.39 is 5.60 Å². The lowest BCUT2D eigenvalue weighted by atomic mass is 9.95. The molecule has 98 valence electrons. The molecule has 0 aliphatic heterocycles. The molecule has 0 fully saturated rings. The van der Waals surface area contributed by atoms with E-state index in [1.165, 1.54) is 12.5 Å². The van der Waals surface area contributed by atoms with Gasteiger partial charge in [0.1, 0.15) is 5.60 Å². The highest BCUT2D eigenvalue weighted by atomic mass is 79.9. The van der Waals surface area contributed by atoms with Crippen LogP contribution in [0.3, 0.4) is 0 Å². The van der Waals surface area contributed by atoms with Crippen LogP contribution >= 0.6 is 15.9 Å². The Balaban J connectivity index is 2.40. The predicted octanol–water partition coefficient (Wildman–Crippen LogP) is 2.14. The number of hydrogen-bond donors (Lipinski definition) is 1. The standard InChI is InChI=1S/C12H15BrN2O3/c1-12(16,9-3-5-18-8-9)11-10(13)7-14-15(11)4-6-17-2/h3,5,7-8,16H,4,6H2,1-2H3. The number of hydrogen-bond acceptors (Lipinski definition) is 4. The molecule has 6 heteroatoms. The number of nitrogens with zero attached hydrogens (tertiary/aromatic N) is 2. The third kappa shape index (κ3) is 2.36. The highest BCUT2D eigenvalue weighted by molar-refractivity contribution is 9.10. The summed E-state index contributed by atoms with van der Waals surface area (Å²) >= 11 is 3.42. The molecule has 1 atom stereocenters. The Bertz CT molecular complexity index is 505. The van der Waals surface area contributed by atoms with Gasteiger partial charge in [-0.3, -0.25) is 4.68 Å². The molecule has 2 aromatic rings. The first-order valence-electron chi connectivity index (χ1n) is 5.53. The van der Waals surface area contributed by atoms with Gasteiger partial charge in [0.2, 0.25) is 0 Å². The van der Waals surface area contributed by atoms with Gasteiger partial charge >= 0.3 is 0 Å². The van der Waals surface area contributed by atoms with Gasteiger partial charge in [-0.15, -0.1) is 0 Å². The predicted molar refractivity (Wildman–Crippen MR) is 69.2 cm³/mol. The maximum absolute atomic E-state index is 10.7. The molecule has 0 radical (unpaired) electrons. The van der Waals surface area contributed by atoms with Crippen molar-refractivity contribution in [3.63, 3.8) is 0 Å². The summed E-state index contributed by atoms with van der Waals surface area (Å²) in [5.74, 6) is 0. The fourth-order valence-electron chi connectivity index (χ4n) is 1.87. The van der Waals surface area contributed by atoms with Crippen molar-refractivity contribution in [2.45, 2.75) is 19.1 Å². The Morgan fingerprint density at radius 1 is 1.61 bits per heavy atom. The van der Waals surface area contributed by atoms with Crippen molar-refractivity contribution in [1.82, 2.24) is 9.78 Å². The fraction of sp³-hybridized carbons (Fsp3) is 0.417. The summed E-state index contributed by atoms with van der Waals surface area (Å²) in [7, 11) is 1.63. The maximum Gasteiger partial charge on any atom is 0.133 e. The number of halogens is 1. The first-order valence-corrected chi connectivity index (χ1v) is 6.32. The van der Waals surface area contributed by atoms with E-state index in [2.05, 4.69) is 21.0 Å². The second-order valence-electron chi connectivity index (χ2n) is 4.14. The third-order valence-electron chi connectivity index (χ3n) is 2.85. The smallest absolute Gasteiger partial charge is 0.133 e. The summed E-state index contributed by atoms with van der Waals surface area (Å²) in [6, 6.07) is 1.74. The molecule has 5 nitrogen and oxygen atoms in total. The first kappa shape index (κ1) is 13.3. The summed E-state index contributed by atoms with van der Waals surface area (Å²) in [6.45, 7) is 2.82. The molecule has 0 amide bonds. The zero-order chi connectivity index (χ0) is 13.2. The average molecular weight is 315 g/mol. The fourth-order valence-corrected chi connectivity index (χ4v) is 2.55. The second kappa shape index (κ2) is 5.26. The second-order valence-corrected chi connectivity index (χ2v) is 5.00. The molecule has 0 bridgehead atoms. The normalized spacial score (nSPS) is 14.7. The van der Waals surface area contributed by atoms with Crippen LogP contribution < -0.4 is 0 Å². The Hall–Kier alpha value is -1.11. The largest absolute Gasteiger partial charge is 0.472 e. The van der Waals surface area contributed by atoms with Crippen LogP contribution in [0.1, 0.15) is 18.2 Å². The topological polar surface area (TPSA) is 60.4 Å². The highest BCUT2D eigenvalue weighted by Gasteiger charge is 2.33. The van der Waals surface area contributed by atoms with Crippen LogP contribution in [0.2, 0.25) is 0 Å².